The second kappa shape index (κ2) is 8.49. The van der Waals surface area contributed by atoms with E-state index in [0.717, 1.165) is 84.1 Å². The smallest absolute Gasteiger partial charge is 0.227 e. The Balaban J connectivity index is 0.00000152. The number of rotatable bonds is 5. The molecule has 34 heavy (non-hydrogen) atoms. The Bertz CT molecular complexity index is 1380. The van der Waals surface area contributed by atoms with Gasteiger partial charge in [-0.05, 0) is 49.4 Å². The molecule has 3 aromatic heterocycles. The summed E-state index contributed by atoms with van der Waals surface area (Å²) in [6.07, 6.45) is 6.77. The molecule has 0 radical (unpaired) electrons. The van der Waals surface area contributed by atoms with Gasteiger partial charge in [-0.15, -0.1) is 5.10 Å². The third-order valence-electron chi connectivity index (χ3n) is 6.61. The van der Waals surface area contributed by atoms with Crippen molar-refractivity contribution in [3.63, 3.8) is 0 Å². The van der Waals surface area contributed by atoms with Crippen molar-refractivity contribution in [3.8, 4) is 0 Å². The highest BCUT2D eigenvalue weighted by Crippen LogP contribution is 2.33. The zero-order valence-corrected chi connectivity index (χ0v) is 19.4. The molecular weight excluding hydrogens is 426 g/mol. The van der Waals surface area contributed by atoms with Gasteiger partial charge >= 0.3 is 0 Å². The average molecular weight is 458 g/mol. The first kappa shape index (κ1) is 20.7. The standard InChI is InChI=1S/C25H27N9.2H2/c1-3-34-23-14-17(4-7-22(23)30-31-34)19-6-8-21-20(19)16-27-25(29-21)28-18-5-9-24(26-15-18)33-12-10-32(2)11-13-33;;/h4-7,9,14-16H,3,8,10-13H2,1-2H3,(H,27,28,29);2*1H. The van der Waals surface area contributed by atoms with Crippen molar-refractivity contribution in [1.82, 2.24) is 34.8 Å². The zero-order chi connectivity index (χ0) is 23.1. The number of aryl methyl sites for hydroxylation is 1. The lowest BCUT2D eigenvalue weighted by atomic mass is 10.0. The Hall–Kier alpha value is -3.85. The maximum atomic E-state index is 4.78. The first-order valence-corrected chi connectivity index (χ1v) is 11.7. The van der Waals surface area contributed by atoms with E-state index >= 15 is 0 Å². The van der Waals surface area contributed by atoms with Crippen LogP contribution in [0.2, 0.25) is 0 Å². The number of aromatic nitrogens is 6. The highest BCUT2D eigenvalue weighted by molar-refractivity contribution is 5.88. The fourth-order valence-electron chi connectivity index (χ4n) is 4.62. The number of fused-ring (bicyclic) bond motifs is 2. The number of nitrogens with zero attached hydrogens (tertiary/aromatic N) is 8. The predicted octanol–water partition coefficient (Wildman–Crippen LogP) is 3.61. The summed E-state index contributed by atoms with van der Waals surface area (Å²) >= 11 is 0. The number of allylic oxidation sites excluding steroid dienone is 1. The van der Waals surface area contributed by atoms with Crippen LogP contribution in [0.25, 0.3) is 16.6 Å². The van der Waals surface area contributed by atoms with Gasteiger partial charge in [-0.1, -0.05) is 17.4 Å². The number of anilines is 3. The molecule has 1 N–H and O–H groups in total. The van der Waals surface area contributed by atoms with Gasteiger partial charge < -0.3 is 15.1 Å². The molecule has 0 saturated carbocycles. The Morgan fingerprint density at radius 3 is 2.71 bits per heavy atom. The van der Waals surface area contributed by atoms with E-state index in [9.17, 15) is 0 Å². The Morgan fingerprint density at radius 1 is 1.03 bits per heavy atom. The minimum absolute atomic E-state index is 0. The third kappa shape index (κ3) is 3.77. The summed E-state index contributed by atoms with van der Waals surface area (Å²) in [4.78, 5) is 18.7. The lowest BCUT2D eigenvalue weighted by Gasteiger charge is -2.33. The number of hydrogen-bond acceptors (Lipinski definition) is 8. The van der Waals surface area contributed by atoms with Crippen molar-refractivity contribution in [2.75, 3.05) is 43.4 Å². The summed E-state index contributed by atoms with van der Waals surface area (Å²) in [7, 11) is 2.16. The maximum absolute atomic E-state index is 4.78. The van der Waals surface area contributed by atoms with E-state index in [2.05, 4.69) is 73.6 Å². The van der Waals surface area contributed by atoms with Crippen LogP contribution in [0.1, 0.15) is 26.6 Å². The summed E-state index contributed by atoms with van der Waals surface area (Å²) in [6, 6.07) is 10.4. The molecule has 2 aliphatic rings. The summed E-state index contributed by atoms with van der Waals surface area (Å²) < 4.78 is 1.92. The highest BCUT2D eigenvalue weighted by Gasteiger charge is 2.20. The van der Waals surface area contributed by atoms with E-state index in [1.807, 2.05) is 29.2 Å². The van der Waals surface area contributed by atoms with Crippen LogP contribution in [0.15, 0.2) is 48.8 Å². The van der Waals surface area contributed by atoms with Crippen LogP contribution in [-0.4, -0.2) is 68.1 Å². The number of piperazine rings is 1. The number of benzene rings is 1. The number of hydrogen-bond donors (Lipinski definition) is 1. The van der Waals surface area contributed by atoms with Crippen LogP contribution < -0.4 is 10.2 Å². The van der Waals surface area contributed by atoms with Gasteiger partial charge in [0.25, 0.3) is 0 Å². The highest BCUT2D eigenvalue weighted by atomic mass is 15.4. The number of pyridine rings is 1. The minimum atomic E-state index is 0. The van der Waals surface area contributed by atoms with E-state index in [1.54, 1.807) is 0 Å². The van der Waals surface area contributed by atoms with Crippen molar-refractivity contribution in [2.24, 2.45) is 0 Å². The SMILES string of the molecule is CCn1nnc2ccc(C3=CCc4nc(Nc5ccc(N6CCN(C)CC6)nc5)ncc43)cc21.[HH].[HH]. The van der Waals surface area contributed by atoms with Crippen molar-refractivity contribution in [1.29, 1.82) is 0 Å². The quantitative estimate of drug-likeness (QED) is 0.486. The van der Waals surface area contributed by atoms with Gasteiger partial charge in [0.1, 0.15) is 11.3 Å². The van der Waals surface area contributed by atoms with Crippen molar-refractivity contribution in [2.45, 2.75) is 19.9 Å². The minimum Gasteiger partial charge on any atom is -0.354 e. The molecule has 1 aromatic carbocycles. The number of likely N-dealkylation sites (N-methyl/N-ethyl adjacent to an activating group) is 1. The van der Waals surface area contributed by atoms with Gasteiger partial charge in [-0.25, -0.2) is 19.6 Å². The third-order valence-corrected chi connectivity index (χ3v) is 6.61. The van der Waals surface area contributed by atoms with E-state index in [1.165, 1.54) is 0 Å². The summed E-state index contributed by atoms with van der Waals surface area (Å²) in [5, 5.41) is 11.8. The normalized spacial score (nSPS) is 16.1. The lowest BCUT2D eigenvalue weighted by molar-refractivity contribution is 0.312. The van der Waals surface area contributed by atoms with E-state index < -0.39 is 0 Å². The predicted molar refractivity (Wildman–Crippen MR) is 137 cm³/mol. The van der Waals surface area contributed by atoms with Gasteiger partial charge in [0.2, 0.25) is 5.95 Å². The summed E-state index contributed by atoms with van der Waals surface area (Å²) in [5.74, 6) is 1.60. The van der Waals surface area contributed by atoms with Gasteiger partial charge in [0.05, 0.1) is 23.1 Å². The number of nitrogens with one attached hydrogen (secondary N) is 1. The molecule has 0 atom stereocenters. The molecule has 4 aromatic rings. The monoisotopic (exact) mass is 457 g/mol. The first-order valence-electron chi connectivity index (χ1n) is 11.7. The average Bonchev–Trinajstić information content (AvgIpc) is 3.48. The fourth-order valence-corrected chi connectivity index (χ4v) is 4.62. The molecule has 1 fully saturated rings. The molecule has 0 spiro atoms. The summed E-state index contributed by atoms with van der Waals surface area (Å²) in [6.45, 7) is 7.00. The molecule has 1 aliphatic heterocycles. The molecule has 9 nitrogen and oxygen atoms in total. The Morgan fingerprint density at radius 2 is 1.91 bits per heavy atom. The second-order valence-electron chi connectivity index (χ2n) is 8.80. The molecule has 1 saturated heterocycles. The van der Waals surface area contributed by atoms with Crippen molar-refractivity contribution < 1.29 is 2.85 Å². The molecule has 0 bridgehead atoms. The second-order valence-corrected chi connectivity index (χ2v) is 8.80. The Labute approximate surface area is 201 Å². The van der Waals surface area contributed by atoms with Crippen LogP contribution in [0.3, 0.4) is 0 Å². The molecule has 0 unspecified atom stereocenters. The molecule has 0 amide bonds. The van der Waals surface area contributed by atoms with Crippen LogP contribution in [-0.2, 0) is 13.0 Å². The van der Waals surface area contributed by atoms with Gasteiger partial charge in [0.15, 0.2) is 0 Å². The molecular formula is C25H31N9. The van der Waals surface area contributed by atoms with E-state index in [-0.39, 0.29) is 2.85 Å². The maximum Gasteiger partial charge on any atom is 0.227 e. The Kier molecular flexibility index (Phi) is 5.18. The fraction of sp³-hybridized carbons (Fsp3) is 0.320. The van der Waals surface area contributed by atoms with Gasteiger partial charge in [-0.2, -0.15) is 0 Å². The topological polar surface area (TPSA) is 87.9 Å². The molecule has 176 valence electrons. The van der Waals surface area contributed by atoms with Crippen molar-refractivity contribution >= 4 is 34.1 Å². The van der Waals surface area contributed by atoms with Crippen LogP contribution in [0.4, 0.5) is 17.5 Å². The van der Waals surface area contributed by atoms with Gasteiger partial charge in [-0.3, -0.25) is 0 Å². The zero-order valence-electron chi connectivity index (χ0n) is 19.4. The van der Waals surface area contributed by atoms with Crippen molar-refractivity contribution in [3.05, 3.63) is 65.6 Å². The molecule has 9 heteroatoms. The molecule has 6 rings (SSSR count). The molecule has 1 aliphatic carbocycles. The lowest BCUT2D eigenvalue weighted by Crippen LogP contribution is -2.44. The molecule has 4 heterocycles. The van der Waals surface area contributed by atoms with Crippen LogP contribution in [0, 0.1) is 0 Å². The van der Waals surface area contributed by atoms with E-state index in [4.69, 9.17) is 4.98 Å². The van der Waals surface area contributed by atoms with Gasteiger partial charge in [0, 0.05) is 53.8 Å². The van der Waals surface area contributed by atoms with Crippen LogP contribution >= 0.6 is 0 Å². The first-order chi connectivity index (χ1) is 16.7. The van der Waals surface area contributed by atoms with Crippen LogP contribution in [0.5, 0.6) is 0 Å². The largest absolute Gasteiger partial charge is 0.354 e. The van der Waals surface area contributed by atoms with E-state index in [0.29, 0.717) is 5.95 Å². The summed E-state index contributed by atoms with van der Waals surface area (Å²) in [5.41, 5.74) is 7.23.